The van der Waals surface area contributed by atoms with Crippen molar-refractivity contribution in [3.8, 4) is 0 Å². The first-order valence-corrected chi connectivity index (χ1v) is 4.41. The predicted molar refractivity (Wildman–Crippen MR) is 37.1 cm³/mol. The average molecular weight is 132 g/mol. The summed E-state index contributed by atoms with van der Waals surface area (Å²) in [5.41, 5.74) is 0. The fourth-order valence-electron chi connectivity index (χ4n) is 0.788. The molecule has 0 radical (unpaired) electrons. The van der Waals surface area contributed by atoms with E-state index in [0.717, 1.165) is 5.75 Å². The van der Waals surface area contributed by atoms with Crippen LogP contribution in [0.25, 0.3) is 0 Å². The molecule has 1 saturated carbocycles. The van der Waals surface area contributed by atoms with E-state index in [1.54, 1.807) is 11.8 Å². The summed E-state index contributed by atoms with van der Waals surface area (Å²) in [6, 6.07) is 0. The van der Waals surface area contributed by atoms with Crippen molar-refractivity contribution in [1.82, 2.24) is 0 Å². The molecule has 1 fully saturated rings. The molecular formula is C6H12OS. The molecule has 0 aliphatic heterocycles. The van der Waals surface area contributed by atoms with Crippen LogP contribution in [0, 0.1) is 5.92 Å². The van der Waals surface area contributed by atoms with E-state index in [2.05, 4.69) is 0 Å². The summed E-state index contributed by atoms with van der Waals surface area (Å²) in [4.78, 5) is 0. The van der Waals surface area contributed by atoms with Crippen LogP contribution in [-0.4, -0.2) is 23.2 Å². The smallest absolute Gasteiger partial charge is 0.0658 e. The van der Waals surface area contributed by atoms with Gasteiger partial charge in [-0.2, -0.15) is 11.8 Å². The number of aliphatic hydroxyl groups is 1. The van der Waals surface area contributed by atoms with Crippen molar-refractivity contribution < 1.29 is 5.11 Å². The number of hydrogen-bond donors (Lipinski definition) is 1. The number of aliphatic hydroxyl groups excluding tert-OH is 1. The molecule has 0 heterocycles. The number of thioether (sulfide) groups is 1. The van der Waals surface area contributed by atoms with Gasteiger partial charge < -0.3 is 5.11 Å². The summed E-state index contributed by atoms with van der Waals surface area (Å²) < 4.78 is 0. The standard InChI is InChI=1S/C6H12OS/c1-8-4-6(7)5-2-3-5/h5-7H,2-4H2,1H3. The summed E-state index contributed by atoms with van der Waals surface area (Å²) in [6.07, 6.45) is 4.53. The second-order valence-corrected chi connectivity index (χ2v) is 3.27. The molecule has 0 bridgehead atoms. The summed E-state index contributed by atoms with van der Waals surface area (Å²) >= 11 is 1.73. The monoisotopic (exact) mass is 132 g/mol. The Balaban J connectivity index is 2.03. The van der Waals surface area contributed by atoms with Crippen LogP contribution >= 0.6 is 11.8 Å². The second-order valence-electron chi connectivity index (χ2n) is 2.36. The third kappa shape index (κ3) is 1.67. The van der Waals surface area contributed by atoms with Crippen LogP contribution in [0.3, 0.4) is 0 Å². The molecule has 1 nitrogen and oxygen atoms in total. The predicted octanol–water partition coefficient (Wildman–Crippen LogP) is 1.12. The first kappa shape index (κ1) is 6.43. The van der Waals surface area contributed by atoms with Crippen LogP contribution in [0.5, 0.6) is 0 Å². The topological polar surface area (TPSA) is 20.2 Å². The minimum absolute atomic E-state index is 0.00926. The Morgan fingerprint density at radius 1 is 1.75 bits per heavy atom. The summed E-state index contributed by atoms with van der Waals surface area (Å²) in [5.74, 6) is 1.58. The van der Waals surface area contributed by atoms with Crippen molar-refractivity contribution in [2.24, 2.45) is 5.92 Å². The number of hydrogen-bond acceptors (Lipinski definition) is 2. The minimum atomic E-state index is -0.00926. The van der Waals surface area contributed by atoms with Gasteiger partial charge in [-0.1, -0.05) is 0 Å². The van der Waals surface area contributed by atoms with Crippen LogP contribution in [0.4, 0.5) is 0 Å². The third-order valence-corrected chi connectivity index (χ3v) is 2.18. The van der Waals surface area contributed by atoms with Crippen molar-refractivity contribution >= 4 is 11.8 Å². The molecule has 1 N–H and O–H groups in total. The lowest BCUT2D eigenvalue weighted by molar-refractivity contribution is 0.176. The van der Waals surface area contributed by atoms with Crippen molar-refractivity contribution in [1.29, 1.82) is 0 Å². The Morgan fingerprint density at radius 3 is 2.75 bits per heavy atom. The third-order valence-electron chi connectivity index (χ3n) is 1.50. The zero-order valence-electron chi connectivity index (χ0n) is 5.13. The fourth-order valence-corrected chi connectivity index (χ4v) is 1.40. The highest BCUT2D eigenvalue weighted by Gasteiger charge is 2.28. The van der Waals surface area contributed by atoms with E-state index in [-0.39, 0.29) is 6.10 Å². The second kappa shape index (κ2) is 2.74. The molecule has 0 aromatic rings. The molecule has 0 aromatic heterocycles. The summed E-state index contributed by atoms with van der Waals surface area (Å²) in [5, 5.41) is 9.17. The molecule has 48 valence electrons. The van der Waals surface area contributed by atoms with Crippen LogP contribution in [0.15, 0.2) is 0 Å². The molecule has 1 atom stereocenters. The molecule has 0 aromatic carbocycles. The Morgan fingerprint density at radius 2 is 2.38 bits per heavy atom. The molecule has 0 spiro atoms. The van der Waals surface area contributed by atoms with E-state index >= 15 is 0 Å². The molecule has 1 aliphatic rings. The normalized spacial score (nSPS) is 23.2. The molecule has 8 heavy (non-hydrogen) atoms. The fraction of sp³-hybridized carbons (Fsp3) is 1.00. The maximum absolute atomic E-state index is 9.17. The van der Waals surface area contributed by atoms with Crippen molar-refractivity contribution in [2.45, 2.75) is 18.9 Å². The van der Waals surface area contributed by atoms with E-state index in [4.69, 9.17) is 5.11 Å². The highest BCUT2D eigenvalue weighted by Crippen LogP contribution is 2.33. The molecule has 1 rings (SSSR count). The average Bonchev–Trinajstić information content (AvgIpc) is 2.45. The van der Waals surface area contributed by atoms with Crippen LogP contribution < -0.4 is 0 Å². The van der Waals surface area contributed by atoms with Gasteiger partial charge in [-0.15, -0.1) is 0 Å². The largest absolute Gasteiger partial charge is 0.392 e. The van der Waals surface area contributed by atoms with E-state index in [1.807, 2.05) is 6.26 Å². The Bertz CT molecular complexity index is 70.9. The summed E-state index contributed by atoms with van der Waals surface area (Å²) in [6.45, 7) is 0. The van der Waals surface area contributed by atoms with Crippen molar-refractivity contribution in [3.63, 3.8) is 0 Å². The molecule has 2 heteroatoms. The van der Waals surface area contributed by atoms with E-state index in [9.17, 15) is 0 Å². The maximum Gasteiger partial charge on any atom is 0.0658 e. The van der Waals surface area contributed by atoms with Gasteiger partial charge in [0.05, 0.1) is 6.10 Å². The van der Waals surface area contributed by atoms with E-state index in [0.29, 0.717) is 5.92 Å². The van der Waals surface area contributed by atoms with Gasteiger partial charge in [0.2, 0.25) is 0 Å². The van der Waals surface area contributed by atoms with Gasteiger partial charge in [-0.3, -0.25) is 0 Å². The minimum Gasteiger partial charge on any atom is -0.392 e. The molecule has 1 unspecified atom stereocenters. The molecule has 0 amide bonds. The van der Waals surface area contributed by atoms with E-state index in [1.165, 1.54) is 12.8 Å². The van der Waals surface area contributed by atoms with Crippen LogP contribution in [0.2, 0.25) is 0 Å². The van der Waals surface area contributed by atoms with Crippen LogP contribution in [-0.2, 0) is 0 Å². The number of rotatable bonds is 3. The quantitative estimate of drug-likeness (QED) is 0.621. The zero-order valence-corrected chi connectivity index (χ0v) is 5.95. The van der Waals surface area contributed by atoms with Crippen LogP contribution in [0.1, 0.15) is 12.8 Å². The van der Waals surface area contributed by atoms with Gasteiger partial charge in [0.1, 0.15) is 0 Å². The van der Waals surface area contributed by atoms with Crippen molar-refractivity contribution in [2.75, 3.05) is 12.0 Å². The molecule has 0 saturated heterocycles. The van der Waals surface area contributed by atoms with Gasteiger partial charge in [0.15, 0.2) is 0 Å². The van der Waals surface area contributed by atoms with Gasteiger partial charge in [-0.25, -0.2) is 0 Å². The van der Waals surface area contributed by atoms with Gasteiger partial charge in [-0.05, 0) is 25.0 Å². The lowest BCUT2D eigenvalue weighted by Gasteiger charge is -2.03. The highest BCUT2D eigenvalue weighted by molar-refractivity contribution is 7.98. The van der Waals surface area contributed by atoms with Crippen molar-refractivity contribution in [3.05, 3.63) is 0 Å². The molecular weight excluding hydrogens is 120 g/mol. The highest BCUT2D eigenvalue weighted by atomic mass is 32.2. The van der Waals surface area contributed by atoms with E-state index < -0.39 is 0 Å². The van der Waals surface area contributed by atoms with Gasteiger partial charge in [0.25, 0.3) is 0 Å². The maximum atomic E-state index is 9.17. The zero-order chi connectivity index (χ0) is 5.98. The first-order chi connectivity index (χ1) is 3.84. The summed E-state index contributed by atoms with van der Waals surface area (Å²) in [7, 11) is 0. The Hall–Kier alpha value is 0.310. The van der Waals surface area contributed by atoms with Gasteiger partial charge in [0, 0.05) is 5.75 Å². The first-order valence-electron chi connectivity index (χ1n) is 3.01. The molecule has 1 aliphatic carbocycles. The Labute approximate surface area is 54.5 Å². The Kier molecular flexibility index (Phi) is 2.20. The SMILES string of the molecule is CSCC(O)C1CC1. The lowest BCUT2D eigenvalue weighted by Crippen LogP contribution is -2.11. The van der Waals surface area contributed by atoms with Gasteiger partial charge >= 0.3 is 0 Å². The lowest BCUT2D eigenvalue weighted by atomic mass is 10.3.